The molecule has 0 radical (unpaired) electrons. The number of rotatable bonds is 8. The summed E-state index contributed by atoms with van der Waals surface area (Å²) in [6, 6.07) is 30.0. The normalized spacial score (nSPS) is 12.6. The van der Waals surface area contributed by atoms with Gasteiger partial charge in [0, 0.05) is 5.75 Å². The number of alkyl carbamates (subject to hydrolysis) is 1. The molecule has 5 heteroatoms. The lowest BCUT2D eigenvalue weighted by molar-refractivity contribution is -0.109. The van der Waals surface area contributed by atoms with Crippen LogP contribution in [0.25, 0.3) is 0 Å². The van der Waals surface area contributed by atoms with Crippen LogP contribution in [0.1, 0.15) is 37.5 Å². The van der Waals surface area contributed by atoms with E-state index in [1.807, 2.05) is 54.6 Å². The number of nitrogens with one attached hydrogen (secondary N) is 1. The first-order chi connectivity index (χ1) is 15.3. The average Bonchev–Trinajstić information content (AvgIpc) is 2.79. The van der Waals surface area contributed by atoms with Crippen molar-refractivity contribution in [1.29, 1.82) is 0 Å². The standard InChI is InChI=1S/C27H29NO3S/c1-26(2,3)31-25(30)28-24(19-29)20-32-27(21-13-7-4-8-14-21,22-15-9-5-10-16-22)23-17-11-6-12-18-23/h4-19,24H,20H2,1-3H3,(H,28,30)/t24-/m0/s1. The third-order valence-corrected chi connectivity index (χ3v) is 6.55. The van der Waals surface area contributed by atoms with E-state index in [1.165, 1.54) is 0 Å². The van der Waals surface area contributed by atoms with Crippen LogP contribution in [0.5, 0.6) is 0 Å². The predicted molar refractivity (Wildman–Crippen MR) is 131 cm³/mol. The molecule has 1 N–H and O–H groups in total. The lowest BCUT2D eigenvalue weighted by Gasteiger charge is -2.36. The molecule has 0 heterocycles. The molecule has 0 aliphatic rings. The summed E-state index contributed by atoms with van der Waals surface area (Å²) in [4.78, 5) is 24.1. The highest BCUT2D eigenvalue weighted by Gasteiger charge is 2.37. The van der Waals surface area contributed by atoms with Gasteiger partial charge in [-0.2, -0.15) is 0 Å². The van der Waals surface area contributed by atoms with Gasteiger partial charge in [0.05, 0.1) is 10.8 Å². The molecule has 3 aromatic carbocycles. The van der Waals surface area contributed by atoms with Gasteiger partial charge >= 0.3 is 6.09 Å². The van der Waals surface area contributed by atoms with E-state index >= 15 is 0 Å². The van der Waals surface area contributed by atoms with E-state index < -0.39 is 22.5 Å². The first kappa shape index (κ1) is 23.6. The number of carbonyl (C=O) groups is 2. The minimum atomic E-state index is -0.689. The van der Waals surface area contributed by atoms with Crippen molar-refractivity contribution in [3.05, 3.63) is 108 Å². The van der Waals surface area contributed by atoms with Crippen LogP contribution in [0.4, 0.5) is 4.79 Å². The molecule has 32 heavy (non-hydrogen) atoms. The first-order valence-corrected chi connectivity index (χ1v) is 11.6. The molecule has 1 atom stereocenters. The van der Waals surface area contributed by atoms with Gasteiger partial charge in [0.25, 0.3) is 0 Å². The van der Waals surface area contributed by atoms with Crippen molar-refractivity contribution in [2.24, 2.45) is 0 Å². The fourth-order valence-electron chi connectivity index (χ4n) is 3.56. The summed E-state index contributed by atoms with van der Waals surface area (Å²) in [7, 11) is 0. The second kappa shape index (κ2) is 10.5. The Hall–Kier alpha value is -3.05. The van der Waals surface area contributed by atoms with Crippen molar-refractivity contribution in [3.63, 3.8) is 0 Å². The third-order valence-electron chi connectivity index (χ3n) is 4.89. The summed E-state index contributed by atoms with van der Waals surface area (Å²) in [5, 5.41) is 2.70. The van der Waals surface area contributed by atoms with Crippen molar-refractivity contribution in [2.75, 3.05) is 5.75 Å². The molecule has 0 saturated carbocycles. The van der Waals surface area contributed by atoms with Gasteiger partial charge in [0.1, 0.15) is 11.9 Å². The molecule has 0 aromatic heterocycles. The van der Waals surface area contributed by atoms with E-state index in [0.29, 0.717) is 5.75 Å². The van der Waals surface area contributed by atoms with Crippen LogP contribution in [0.15, 0.2) is 91.0 Å². The monoisotopic (exact) mass is 447 g/mol. The summed E-state index contributed by atoms with van der Waals surface area (Å²) in [5.74, 6) is 0.376. The van der Waals surface area contributed by atoms with Crippen LogP contribution in [-0.2, 0) is 14.3 Å². The van der Waals surface area contributed by atoms with E-state index in [4.69, 9.17) is 4.74 Å². The van der Waals surface area contributed by atoms with Gasteiger partial charge in [-0.1, -0.05) is 91.0 Å². The van der Waals surface area contributed by atoms with Gasteiger partial charge in [-0.3, -0.25) is 0 Å². The minimum Gasteiger partial charge on any atom is -0.444 e. The Morgan fingerprint density at radius 3 is 1.59 bits per heavy atom. The van der Waals surface area contributed by atoms with Crippen LogP contribution in [-0.4, -0.2) is 29.8 Å². The Morgan fingerprint density at radius 2 is 1.25 bits per heavy atom. The Labute approximate surface area is 194 Å². The molecule has 1 amide bonds. The molecule has 0 fully saturated rings. The molecule has 0 spiro atoms. The molecular weight excluding hydrogens is 418 g/mol. The Kier molecular flexibility index (Phi) is 7.75. The summed E-state index contributed by atoms with van der Waals surface area (Å²) in [5.41, 5.74) is 2.67. The summed E-state index contributed by atoms with van der Waals surface area (Å²) in [6.45, 7) is 5.38. The van der Waals surface area contributed by atoms with Crippen LogP contribution in [0.3, 0.4) is 0 Å². The van der Waals surface area contributed by atoms with Crippen molar-refractivity contribution in [3.8, 4) is 0 Å². The quantitative estimate of drug-likeness (QED) is 0.350. The molecule has 0 aliphatic carbocycles. The number of hydrogen-bond acceptors (Lipinski definition) is 4. The van der Waals surface area contributed by atoms with E-state index in [2.05, 4.69) is 41.7 Å². The maximum atomic E-state index is 12.3. The largest absolute Gasteiger partial charge is 0.444 e. The SMILES string of the molecule is CC(C)(C)OC(=O)N[C@@H](C=O)CSC(c1ccccc1)(c1ccccc1)c1ccccc1. The molecule has 3 rings (SSSR count). The van der Waals surface area contributed by atoms with Crippen LogP contribution >= 0.6 is 11.8 Å². The van der Waals surface area contributed by atoms with Crippen LogP contribution < -0.4 is 5.32 Å². The van der Waals surface area contributed by atoms with Gasteiger partial charge in [-0.05, 0) is 37.5 Å². The fraction of sp³-hybridized carbons (Fsp3) is 0.259. The Morgan fingerprint density at radius 1 is 0.844 bits per heavy atom. The molecule has 166 valence electrons. The van der Waals surface area contributed by atoms with E-state index in [9.17, 15) is 9.59 Å². The number of aldehydes is 1. The smallest absolute Gasteiger partial charge is 0.408 e. The van der Waals surface area contributed by atoms with Crippen molar-refractivity contribution >= 4 is 24.1 Å². The van der Waals surface area contributed by atoms with Gasteiger partial charge in [-0.15, -0.1) is 11.8 Å². The van der Waals surface area contributed by atoms with Crippen molar-refractivity contribution in [2.45, 2.75) is 37.2 Å². The van der Waals surface area contributed by atoms with E-state index in [0.717, 1.165) is 23.0 Å². The zero-order valence-corrected chi connectivity index (χ0v) is 19.5. The van der Waals surface area contributed by atoms with Crippen LogP contribution in [0.2, 0.25) is 0 Å². The molecule has 4 nitrogen and oxygen atoms in total. The maximum absolute atomic E-state index is 12.3. The minimum absolute atomic E-state index is 0.376. The lowest BCUT2D eigenvalue weighted by atomic mass is 9.84. The highest BCUT2D eigenvalue weighted by molar-refractivity contribution is 8.00. The highest BCUT2D eigenvalue weighted by atomic mass is 32.2. The lowest BCUT2D eigenvalue weighted by Crippen LogP contribution is -2.42. The highest BCUT2D eigenvalue weighted by Crippen LogP contribution is 2.48. The van der Waals surface area contributed by atoms with Crippen molar-refractivity contribution in [1.82, 2.24) is 5.32 Å². The summed E-state index contributed by atoms with van der Waals surface area (Å²) in [6.07, 6.45) is 0.169. The topological polar surface area (TPSA) is 55.4 Å². The number of benzene rings is 3. The zero-order valence-electron chi connectivity index (χ0n) is 18.7. The number of ether oxygens (including phenoxy) is 1. The predicted octanol–water partition coefficient (Wildman–Crippen LogP) is 5.80. The summed E-state index contributed by atoms with van der Waals surface area (Å²) < 4.78 is 4.78. The third kappa shape index (κ3) is 5.80. The number of carbonyl (C=O) groups excluding carboxylic acids is 2. The van der Waals surface area contributed by atoms with E-state index in [1.54, 1.807) is 32.5 Å². The molecule has 0 aliphatic heterocycles. The molecular formula is C27H29NO3S. The van der Waals surface area contributed by atoms with Gasteiger partial charge in [-0.25, -0.2) is 4.79 Å². The molecule has 0 saturated heterocycles. The number of thioether (sulfide) groups is 1. The molecule has 0 bridgehead atoms. The van der Waals surface area contributed by atoms with Gasteiger partial charge in [0.2, 0.25) is 0 Å². The average molecular weight is 448 g/mol. The van der Waals surface area contributed by atoms with Gasteiger partial charge in [0.15, 0.2) is 0 Å². The molecule has 3 aromatic rings. The first-order valence-electron chi connectivity index (χ1n) is 10.6. The van der Waals surface area contributed by atoms with E-state index in [-0.39, 0.29) is 0 Å². The fourth-order valence-corrected chi connectivity index (χ4v) is 5.06. The van der Waals surface area contributed by atoms with Crippen LogP contribution in [0, 0.1) is 0 Å². The maximum Gasteiger partial charge on any atom is 0.408 e. The Bertz CT molecular complexity index is 905. The molecule has 0 unspecified atom stereocenters. The second-order valence-electron chi connectivity index (χ2n) is 8.48. The number of amides is 1. The second-order valence-corrected chi connectivity index (χ2v) is 9.71. The number of hydrogen-bond donors (Lipinski definition) is 1. The summed E-state index contributed by atoms with van der Waals surface area (Å²) >= 11 is 1.62. The Balaban J connectivity index is 1.99. The zero-order chi connectivity index (χ0) is 23.0. The van der Waals surface area contributed by atoms with Crippen molar-refractivity contribution < 1.29 is 14.3 Å². The van der Waals surface area contributed by atoms with Gasteiger partial charge < -0.3 is 14.8 Å².